The number of carbonyl (C=O) groups is 1. The van der Waals surface area contributed by atoms with E-state index in [1.54, 1.807) is 0 Å². The minimum absolute atomic E-state index is 0.0145. The van der Waals surface area contributed by atoms with Crippen molar-refractivity contribution < 1.29 is 9.53 Å². The number of ether oxygens (including phenoxy) is 1. The van der Waals surface area contributed by atoms with E-state index in [0.29, 0.717) is 19.7 Å². The lowest BCUT2D eigenvalue weighted by atomic mass is 10.0. The summed E-state index contributed by atoms with van der Waals surface area (Å²) >= 11 is 0. The summed E-state index contributed by atoms with van der Waals surface area (Å²) < 4.78 is 5.56. The lowest BCUT2D eigenvalue weighted by Gasteiger charge is -2.12. The van der Waals surface area contributed by atoms with Crippen LogP contribution in [0.15, 0.2) is 54.9 Å². The van der Waals surface area contributed by atoms with Crippen LogP contribution in [0.2, 0.25) is 0 Å². The first-order valence-corrected chi connectivity index (χ1v) is 8.26. The molecule has 1 amide bonds. The fraction of sp³-hybridized carbons (Fsp3) is 0.211. The van der Waals surface area contributed by atoms with Crippen LogP contribution in [-0.2, 0) is 4.79 Å². The van der Waals surface area contributed by atoms with Gasteiger partial charge in [-0.15, -0.1) is 0 Å². The summed E-state index contributed by atoms with van der Waals surface area (Å²) in [5, 5.41) is 7.18. The summed E-state index contributed by atoms with van der Waals surface area (Å²) in [7, 11) is 0. The van der Waals surface area contributed by atoms with Gasteiger partial charge in [0.15, 0.2) is 0 Å². The summed E-state index contributed by atoms with van der Waals surface area (Å²) in [5.74, 6) is 1.32. The predicted molar refractivity (Wildman–Crippen MR) is 95.7 cm³/mol. The number of rotatable bonds is 5. The molecule has 0 unspecified atom stereocenters. The highest BCUT2D eigenvalue weighted by atomic mass is 16.5. The standard InChI is InChI=1S/C19H18N4O2/c24-19(15-11-25-17-8-4-2-5-13(15)17)21-10-9-20-18-14-6-1-3-7-16(14)22-12-23-18/h1-8,12,15H,9-11H2,(H,21,24)(H,20,22,23)/t15-/m0/s1. The first-order valence-electron chi connectivity index (χ1n) is 8.26. The molecule has 0 saturated carbocycles. The number of anilines is 1. The highest BCUT2D eigenvalue weighted by Crippen LogP contribution is 2.33. The molecule has 0 bridgehead atoms. The number of para-hydroxylation sites is 2. The quantitative estimate of drug-likeness (QED) is 0.701. The Morgan fingerprint density at radius 3 is 2.88 bits per heavy atom. The van der Waals surface area contributed by atoms with Crippen LogP contribution in [0.5, 0.6) is 5.75 Å². The fourth-order valence-corrected chi connectivity index (χ4v) is 3.02. The van der Waals surface area contributed by atoms with Crippen molar-refractivity contribution in [2.45, 2.75) is 5.92 Å². The van der Waals surface area contributed by atoms with Gasteiger partial charge in [-0.1, -0.05) is 30.3 Å². The second kappa shape index (κ2) is 6.76. The Morgan fingerprint density at radius 1 is 1.08 bits per heavy atom. The number of carbonyl (C=O) groups excluding carboxylic acids is 1. The zero-order valence-corrected chi connectivity index (χ0v) is 13.6. The first kappa shape index (κ1) is 15.4. The van der Waals surface area contributed by atoms with Gasteiger partial charge >= 0.3 is 0 Å². The van der Waals surface area contributed by atoms with E-state index in [1.807, 2.05) is 48.5 Å². The molecule has 0 fully saturated rings. The molecule has 4 rings (SSSR count). The van der Waals surface area contributed by atoms with Crippen LogP contribution in [0.3, 0.4) is 0 Å². The lowest BCUT2D eigenvalue weighted by Crippen LogP contribution is -2.33. The molecule has 0 aliphatic carbocycles. The van der Waals surface area contributed by atoms with Crippen LogP contribution in [0.25, 0.3) is 10.9 Å². The number of amides is 1. The Balaban J connectivity index is 1.33. The average molecular weight is 334 g/mol. The summed E-state index contributed by atoms with van der Waals surface area (Å²) in [4.78, 5) is 20.9. The van der Waals surface area contributed by atoms with E-state index in [1.165, 1.54) is 6.33 Å². The maximum Gasteiger partial charge on any atom is 0.231 e. The summed E-state index contributed by atoms with van der Waals surface area (Å²) in [6.07, 6.45) is 1.54. The van der Waals surface area contributed by atoms with Crippen molar-refractivity contribution in [3.05, 3.63) is 60.4 Å². The van der Waals surface area contributed by atoms with Crippen molar-refractivity contribution in [1.29, 1.82) is 0 Å². The molecule has 6 heteroatoms. The lowest BCUT2D eigenvalue weighted by molar-refractivity contribution is -0.122. The van der Waals surface area contributed by atoms with Gasteiger partial charge in [-0.25, -0.2) is 9.97 Å². The molecule has 1 atom stereocenters. The zero-order chi connectivity index (χ0) is 17.1. The van der Waals surface area contributed by atoms with E-state index < -0.39 is 0 Å². The summed E-state index contributed by atoms with van der Waals surface area (Å²) in [6, 6.07) is 15.5. The van der Waals surface area contributed by atoms with Crippen molar-refractivity contribution in [2.24, 2.45) is 0 Å². The Bertz CT molecular complexity index is 907. The number of aromatic nitrogens is 2. The molecule has 0 radical (unpaired) electrons. The predicted octanol–water partition coefficient (Wildman–Crippen LogP) is 2.33. The third-order valence-electron chi connectivity index (χ3n) is 4.28. The van der Waals surface area contributed by atoms with E-state index in [4.69, 9.17) is 4.74 Å². The van der Waals surface area contributed by atoms with Crippen LogP contribution in [-0.4, -0.2) is 35.6 Å². The van der Waals surface area contributed by atoms with Crippen molar-refractivity contribution in [3.63, 3.8) is 0 Å². The van der Waals surface area contributed by atoms with E-state index in [-0.39, 0.29) is 11.8 Å². The number of hydrogen-bond acceptors (Lipinski definition) is 5. The van der Waals surface area contributed by atoms with Crippen LogP contribution in [0.4, 0.5) is 5.82 Å². The Kier molecular flexibility index (Phi) is 4.16. The van der Waals surface area contributed by atoms with Crippen molar-refractivity contribution >= 4 is 22.6 Å². The first-order chi connectivity index (χ1) is 12.3. The van der Waals surface area contributed by atoms with Gasteiger partial charge in [0.2, 0.25) is 5.91 Å². The average Bonchev–Trinajstić information content (AvgIpc) is 3.09. The van der Waals surface area contributed by atoms with E-state index in [0.717, 1.165) is 28.0 Å². The normalized spacial score (nSPS) is 15.4. The second-order valence-electron chi connectivity index (χ2n) is 5.86. The Hall–Kier alpha value is -3.15. The van der Waals surface area contributed by atoms with Gasteiger partial charge in [0.05, 0.1) is 5.52 Å². The minimum Gasteiger partial charge on any atom is -0.492 e. The van der Waals surface area contributed by atoms with Gasteiger partial charge < -0.3 is 15.4 Å². The molecule has 1 aliphatic heterocycles. The maximum atomic E-state index is 12.4. The summed E-state index contributed by atoms with van der Waals surface area (Å²) in [6.45, 7) is 1.49. The van der Waals surface area contributed by atoms with Gasteiger partial charge in [-0.2, -0.15) is 0 Å². The monoisotopic (exact) mass is 334 g/mol. The van der Waals surface area contributed by atoms with Crippen LogP contribution in [0, 0.1) is 0 Å². The molecule has 3 aromatic rings. The third kappa shape index (κ3) is 3.10. The molecule has 2 aromatic carbocycles. The molecule has 25 heavy (non-hydrogen) atoms. The van der Waals surface area contributed by atoms with Crippen molar-refractivity contribution in [1.82, 2.24) is 15.3 Å². The zero-order valence-electron chi connectivity index (χ0n) is 13.6. The molecular weight excluding hydrogens is 316 g/mol. The molecule has 126 valence electrons. The molecule has 1 aliphatic rings. The van der Waals surface area contributed by atoms with Gasteiger partial charge in [0.25, 0.3) is 0 Å². The number of nitrogens with one attached hydrogen (secondary N) is 2. The third-order valence-corrected chi connectivity index (χ3v) is 4.28. The SMILES string of the molecule is O=C(NCCNc1ncnc2ccccc12)[C@H]1COc2ccccc21. The Labute approximate surface area is 145 Å². The largest absolute Gasteiger partial charge is 0.492 e. The van der Waals surface area contributed by atoms with Gasteiger partial charge in [-0.3, -0.25) is 4.79 Å². The molecule has 2 N–H and O–H groups in total. The highest BCUT2D eigenvalue weighted by molar-refractivity contribution is 5.88. The van der Waals surface area contributed by atoms with Crippen LogP contribution in [0.1, 0.15) is 11.5 Å². The van der Waals surface area contributed by atoms with E-state index in [9.17, 15) is 4.79 Å². The number of nitrogens with zero attached hydrogens (tertiary/aromatic N) is 2. The van der Waals surface area contributed by atoms with Crippen molar-refractivity contribution in [2.75, 3.05) is 25.0 Å². The van der Waals surface area contributed by atoms with Gasteiger partial charge in [-0.05, 0) is 18.2 Å². The maximum absolute atomic E-state index is 12.4. The molecule has 6 nitrogen and oxygen atoms in total. The molecule has 1 aromatic heterocycles. The second-order valence-corrected chi connectivity index (χ2v) is 5.86. The smallest absolute Gasteiger partial charge is 0.231 e. The summed E-state index contributed by atoms with van der Waals surface area (Å²) in [5.41, 5.74) is 1.85. The number of fused-ring (bicyclic) bond motifs is 2. The van der Waals surface area contributed by atoms with E-state index in [2.05, 4.69) is 20.6 Å². The number of benzene rings is 2. The molecule has 2 heterocycles. The van der Waals surface area contributed by atoms with Gasteiger partial charge in [0, 0.05) is 24.0 Å². The minimum atomic E-state index is -0.240. The van der Waals surface area contributed by atoms with Crippen LogP contribution >= 0.6 is 0 Å². The van der Waals surface area contributed by atoms with Crippen LogP contribution < -0.4 is 15.4 Å². The van der Waals surface area contributed by atoms with Crippen molar-refractivity contribution in [3.8, 4) is 5.75 Å². The fourth-order valence-electron chi connectivity index (χ4n) is 3.02. The Morgan fingerprint density at radius 2 is 1.92 bits per heavy atom. The molecule has 0 spiro atoms. The number of hydrogen-bond donors (Lipinski definition) is 2. The topological polar surface area (TPSA) is 76.1 Å². The van der Waals surface area contributed by atoms with E-state index >= 15 is 0 Å². The molecule has 0 saturated heterocycles. The molecular formula is C19H18N4O2. The highest BCUT2D eigenvalue weighted by Gasteiger charge is 2.29. The van der Waals surface area contributed by atoms with Gasteiger partial charge in [0.1, 0.15) is 30.4 Å².